The minimum absolute atomic E-state index is 0.0228. The number of ether oxygens (including phenoxy) is 1. The molecule has 2 aromatic carbocycles. The molecule has 0 aliphatic carbocycles. The summed E-state index contributed by atoms with van der Waals surface area (Å²) in [5.41, 5.74) is 1.76. The van der Waals surface area contributed by atoms with Crippen molar-refractivity contribution in [1.82, 2.24) is 4.90 Å². The third-order valence-electron chi connectivity index (χ3n) is 3.72. The lowest BCUT2D eigenvalue weighted by Gasteiger charge is -2.19. The third-order valence-corrected chi connectivity index (χ3v) is 4.46. The Balaban J connectivity index is 1.95. The summed E-state index contributed by atoms with van der Waals surface area (Å²) in [4.78, 5) is 14.6. The molecule has 23 heavy (non-hydrogen) atoms. The first-order chi connectivity index (χ1) is 11.2. The molecule has 118 valence electrons. The number of thiophene rings is 1. The van der Waals surface area contributed by atoms with E-state index in [1.54, 1.807) is 16.2 Å². The van der Waals surface area contributed by atoms with Crippen LogP contribution in [0.1, 0.15) is 22.8 Å². The van der Waals surface area contributed by atoms with Gasteiger partial charge in [0.15, 0.2) is 0 Å². The Bertz CT molecular complexity index is 811. The van der Waals surface area contributed by atoms with Crippen LogP contribution in [0.25, 0.3) is 10.8 Å². The van der Waals surface area contributed by atoms with Gasteiger partial charge in [-0.05, 0) is 52.2 Å². The average Bonchev–Trinajstić information content (AvgIpc) is 3.07. The minimum Gasteiger partial charge on any atom is -0.493 e. The van der Waals surface area contributed by atoms with Crippen molar-refractivity contribution in [3.8, 4) is 5.75 Å². The molecule has 0 unspecified atom stereocenters. The maximum absolute atomic E-state index is 12.9. The molecule has 1 heterocycles. The highest BCUT2D eigenvalue weighted by Crippen LogP contribution is 2.27. The van der Waals surface area contributed by atoms with Crippen LogP contribution in [0.15, 0.2) is 53.2 Å². The summed E-state index contributed by atoms with van der Waals surface area (Å²) in [5.74, 6) is 0.624. The summed E-state index contributed by atoms with van der Waals surface area (Å²) in [7, 11) is 1.82. The van der Waals surface area contributed by atoms with E-state index in [4.69, 9.17) is 4.74 Å². The van der Waals surface area contributed by atoms with Gasteiger partial charge < -0.3 is 9.64 Å². The van der Waals surface area contributed by atoms with Gasteiger partial charge in [-0.1, -0.05) is 24.3 Å². The zero-order valence-electron chi connectivity index (χ0n) is 13.3. The lowest BCUT2D eigenvalue weighted by molar-refractivity contribution is 0.0781. The van der Waals surface area contributed by atoms with E-state index in [-0.39, 0.29) is 5.91 Å². The van der Waals surface area contributed by atoms with Gasteiger partial charge in [-0.15, -0.1) is 0 Å². The molecule has 0 spiro atoms. The normalized spacial score (nSPS) is 10.7. The van der Waals surface area contributed by atoms with Crippen LogP contribution in [0.4, 0.5) is 0 Å². The Labute approximate surface area is 140 Å². The molecule has 3 rings (SSSR count). The second kappa shape index (κ2) is 6.84. The molecule has 1 amide bonds. The Hall–Kier alpha value is -2.33. The lowest BCUT2D eigenvalue weighted by Crippen LogP contribution is -2.26. The summed E-state index contributed by atoms with van der Waals surface area (Å²) >= 11 is 1.64. The SMILES string of the molecule is CCOc1cc2ccccc2cc1C(=O)N(C)Cc1ccsc1. The van der Waals surface area contributed by atoms with Gasteiger partial charge in [0.1, 0.15) is 5.75 Å². The minimum atomic E-state index is -0.0228. The molecule has 0 radical (unpaired) electrons. The van der Waals surface area contributed by atoms with Gasteiger partial charge in [-0.3, -0.25) is 4.79 Å². The van der Waals surface area contributed by atoms with Crippen molar-refractivity contribution in [3.05, 3.63) is 64.4 Å². The van der Waals surface area contributed by atoms with Crippen LogP contribution in [0.5, 0.6) is 5.75 Å². The highest BCUT2D eigenvalue weighted by Gasteiger charge is 2.18. The van der Waals surface area contributed by atoms with Crippen LogP contribution < -0.4 is 4.74 Å². The number of carbonyl (C=O) groups excluding carboxylic acids is 1. The standard InChI is InChI=1S/C19H19NO2S/c1-3-22-18-11-16-7-5-4-6-15(16)10-17(18)19(21)20(2)12-14-8-9-23-13-14/h4-11,13H,3,12H2,1-2H3. The second-order valence-electron chi connectivity index (χ2n) is 5.42. The maximum Gasteiger partial charge on any atom is 0.257 e. The summed E-state index contributed by atoms with van der Waals surface area (Å²) in [5, 5.41) is 6.21. The summed E-state index contributed by atoms with van der Waals surface area (Å²) in [6.07, 6.45) is 0. The van der Waals surface area contributed by atoms with Crippen molar-refractivity contribution in [2.45, 2.75) is 13.5 Å². The van der Waals surface area contributed by atoms with Crippen LogP contribution in [-0.2, 0) is 6.54 Å². The topological polar surface area (TPSA) is 29.5 Å². The van der Waals surface area contributed by atoms with Crippen molar-refractivity contribution in [1.29, 1.82) is 0 Å². The predicted octanol–water partition coefficient (Wildman–Crippen LogP) is 4.57. The smallest absolute Gasteiger partial charge is 0.257 e. The average molecular weight is 325 g/mol. The van der Waals surface area contributed by atoms with Gasteiger partial charge in [0.05, 0.1) is 12.2 Å². The molecule has 3 nitrogen and oxygen atoms in total. The first-order valence-electron chi connectivity index (χ1n) is 7.61. The second-order valence-corrected chi connectivity index (χ2v) is 6.20. The van der Waals surface area contributed by atoms with Crippen molar-refractivity contribution in [2.24, 2.45) is 0 Å². The zero-order chi connectivity index (χ0) is 16.2. The fourth-order valence-electron chi connectivity index (χ4n) is 2.60. The molecule has 0 aliphatic rings. The number of fused-ring (bicyclic) bond motifs is 1. The van der Waals surface area contributed by atoms with Crippen molar-refractivity contribution < 1.29 is 9.53 Å². The Morgan fingerprint density at radius 2 is 1.91 bits per heavy atom. The number of hydrogen-bond donors (Lipinski definition) is 0. The Morgan fingerprint density at radius 1 is 1.17 bits per heavy atom. The third kappa shape index (κ3) is 3.37. The highest BCUT2D eigenvalue weighted by molar-refractivity contribution is 7.07. The molecule has 0 saturated heterocycles. The quantitative estimate of drug-likeness (QED) is 0.687. The fraction of sp³-hybridized carbons (Fsp3) is 0.211. The van der Waals surface area contributed by atoms with Gasteiger partial charge in [0, 0.05) is 13.6 Å². The van der Waals surface area contributed by atoms with Crippen molar-refractivity contribution >= 4 is 28.0 Å². The van der Waals surface area contributed by atoms with E-state index in [9.17, 15) is 4.79 Å². The molecule has 0 atom stereocenters. The van der Waals surface area contributed by atoms with Crippen LogP contribution in [-0.4, -0.2) is 24.5 Å². The Kier molecular flexibility index (Phi) is 4.63. The number of rotatable bonds is 5. The van der Waals surface area contributed by atoms with Crippen LogP contribution in [0.2, 0.25) is 0 Å². The molecule has 3 aromatic rings. The first-order valence-corrected chi connectivity index (χ1v) is 8.55. The fourth-order valence-corrected chi connectivity index (χ4v) is 3.26. The van der Waals surface area contributed by atoms with E-state index in [0.29, 0.717) is 24.5 Å². The molecule has 0 bridgehead atoms. The van der Waals surface area contributed by atoms with Crippen molar-refractivity contribution in [2.75, 3.05) is 13.7 Å². The first kappa shape index (κ1) is 15.6. The number of carbonyl (C=O) groups is 1. The molecule has 0 aliphatic heterocycles. The van der Waals surface area contributed by atoms with E-state index < -0.39 is 0 Å². The number of nitrogens with zero attached hydrogens (tertiary/aromatic N) is 1. The molecule has 1 aromatic heterocycles. The maximum atomic E-state index is 12.9. The molecule has 0 fully saturated rings. The van der Waals surface area contributed by atoms with Gasteiger partial charge >= 0.3 is 0 Å². The largest absolute Gasteiger partial charge is 0.493 e. The number of amides is 1. The summed E-state index contributed by atoms with van der Waals surface area (Å²) in [6.45, 7) is 3.06. The summed E-state index contributed by atoms with van der Waals surface area (Å²) < 4.78 is 5.71. The monoisotopic (exact) mass is 325 g/mol. The molecule has 4 heteroatoms. The predicted molar refractivity (Wildman–Crippen MR) is 95.2 cm³/mol. The van der Waals surface area contributed by atoms with E-state index in [2.05, 4.69) is 5.38 Å². The molecule has 0 saturated carbocycles. The van der Waals surface area contributed by atoms with E-state index in [1.807, 2.05) is 61.8 Å². The van der Waals surface area contributed by atoms with Gasteiger partial charge in [0.2, 0.25) is 0 Å². The zero-order valence-corrected chi connectivity index (χ0v) is 14.1. The van der Waals surface area contributed by atoms with E-state index in [0.717, 1.165) is 16.3 Å². The van der Waals surface area contributed by atoms with E-state index in [1.165, 1.54) is 0 Å². The Morgan fingerprint density at radius 3 is 2.57 bits per heavy atom. The molecular weight excluding hydrogens is 306 g/mol. The van der Waals surface area contributed by atoms with Gasteiger partial charge in [-0.25, -0.2) is 0 Å². The van der Waals surface area contributed by atoms with Crippen LogP contribution >= 0.6 is 11.3 Å². The number of hydrogen-bond acceptors (Lipinski definition) is 3. The van der Waals surface area contributed by atoms with Crippen LogP contribution in [0, 0.1) is 0 Å². The molecular formula is C19H19NO2S. The molecule has 0 N–H and O–H groups in total. The van der Waals surface area contributed by atoms with E-state index >= 15 is 0 Å². The van der Waals surface area contributed by atoms with Gasteiger partial charge in [0.25, 0.3) is 5.91 Å². The van der Waals surface area contributed by atoms with Crippen LogP contribution in [0.3, 0.4) is 0 Å². The lowest BCUT2D eigenvalue weighted by atomic mass is 10.0. The highest BCUT2D eigenvalue weighted by atomic mass is 32.1. The summed E-state index contributed by atoms with van der Waals surface area (Å²) in [6, 6.07) is 13.9. The van der Waals surface area contributed by atoms with Gasteiger partial charge in [-0.2, -0.15) is 11.3 Å². The number of benzene rings is 2. The van der Waals surface area contributed by atoms with Crippen molar-refractivity contribution in [3.63, 3.8) is 0 Å².